The van der Waals surface area contributed by atoms with Crippen molar-refractivity contribution in [3.05, 3.63) is 44.6 Å². The highest BCUT2D eigenvalue weighted by Crippen LogP contribution is 2.27. The molecular formula is C15H15BrO4S. The maximum atomic E-state index is 11.2. The van der Waals surface area contributed by atoms with Crippen LogP contribution in [0.4, 0.5) is 0 Å². The molecule has 1 aromatic heterocycles. The lowest BCUT2D eigenvalue weighted by Crippen LogP contribution is -2.04. The van der Waals surface area contributed by atoms with Gasteiger partial charge in [0, 0.05) is 20.8 Å². The first-order chi connectivity index (χ1) is 10.1. The molecule has 1 heterocycles. The van der Waals surface area contributed by atoms with Crippen molar-refractivity contribution in [1.82, 2.24) is 0 Å². The number of ether oxygens (including phenoxy) is 2. The summed E-state index contributed by atoms with van der Waals surface area (Å²) in [4.78, 5) is 12.2. The number of carboxylic acids is 1. The highest BCUT2D eigenvalue weighted by molar-refractivity contribution is 9.10. The molecule has 2 aromatic rings. The lowest BCUT2D eigenvalue weighted by molar-refractivity contribution is 0.0691. The van der Waals surface area contributed by atoms with Crippen LogP contribution in [0.15, 0.2) is 34.1 Å². The van der Waals surface area contributed by atoms with Crippen LogP contribution in [0.25, 0.3) is 0 Å². The molecule has 6 heteroatoms. The molecule has 0 spiro atoms. The molecule has 0 fully saturated rings. The minimum absolute atomic E-state index is 0.134. The Kier molecular flexibility index (Phi) is 5.64. The van der Waals surface area contributed by atoms with Crippen LogP contribution in [0.2, 0.25) is 0 Å². The monoisotopic (exact) mass is 370 g/mol. The molecule has 0 bridgehead atoms. The van der Waals surface area contributed by atoms with Crippen LogP contribution in [-0.4, -0.2) is 17.7 Å². The Balaban J connectivity index is 2.15. The molecular weight excluding hydrogens is 356 g/mol. The van der Waals surface area contributed by atoms with Crippen molar-refractivity contribution in [2.45, 2.75) is 20.0 Å². The Morgan fingerprint density at radius 1 is 1.33 bits per heavy atom. The Morgan fingerprint density at radius 3 is 2.76 bits per heavy atom. The maximum Gasteiger partial charge on any atom is 0.339 e. The van der Waals surface area contributed by atoms with Crippen LogP contribution in [0.5, 0.6) is 11.5 Å². The smallest absolute Gasteiger partial charge is 0.339 e. The van der Waals surface area contributed by atoms with Gasteiger partial charge in [-0.1, -0.05) is 6.92 Å². The summed E-state index contributed by atoms with van der Waals surface area (Å²) in [7, 11) is 0. The number of carbonyl (C=O) groups is 1. The van der Waals surface area contributed by atoms with Crippen molar-refractivity contribution in [2.24, 2.45) is 0 Å². The molecule has 112 valence electrons. The van der Waals surface area contributed by atoms with Gasteiger partial charge in [-0.25, -0.2) is 4.79 Å². The van der Waals surface area contributed by atoms with E-state index in [1.165, 1.54) is 6.07 Å². The first-order valence-corrected chi connectivity index (χ1v) is 8.13. The van der Waals surface area contributed by atoms with Gasteiger partial charge in [-0.15, -0.1) is 11.3 Å². The van der Waals surface area contributed by atoms with Gasteiger partial charge in [0.05, 0.1) is 6.61 Å². The summed E-state index contributed by atoms with van der Waals surface area (Å²) in [6.07, 6.45) is 0.889. The third kappa shape index (κ3) is 4.47. The van der Waals surface area contributed by atoms with Crippen LogP contribution in [-0.2, 0) is 6.61 Å². The van der Waals surface area contributed by atoms with Gasteiger partial charge in [0.1, 0.15) is 23.7 Å². The summed E-state index contributed by atoms with van der Waals surface area (Å²) in [6.45, 7) is 2.93. The largest absolute Gasteiger partial charge is 0.493 e. The van der Waals surface area contributed by atoms with Crippen LogP contribution in [0, 0.1) is 0 Å². The fraction of sp³-hybridized carbons (Fsp3) is 0.267. The quantitative estimate of drug-likeness (QED) is 0.774. The van der Waals surface area contributed by atoms with Gasteiger partial charge in [0.15, 0.2) is 0 Å². The van der Waals surface area contributed by atoms with Crippen molar-refractivity contribution in [1.29, 1.82) is 0 Å². The fourth-order valence-corrected chi connectivity index (χ4v) is 3.05. The molecule has 1 aromatic carbocycles. The average molecular weight is 371 g/mol. The lowest BCUT2D eigenvalue weighted by atomic mass is 10.2. The van der Waals surface area contributed by atoms with E-state index in [2.05, 4.69) is 15.9 Å². The number of carboxylic acid groups (broad SMARTS) is 1. The van der Waals surface area contributed by atoms with E-state index in [0.717, 1.165) is 15.8 Å². The summed E-state index contributed by atoms with van der Waals surface area (Å²) in [5.74, 6) is -0.0794. The molecule has 0 aliphatic rings. The number of hydrogen-bond acceptors (Lipinski definition) is 4. The summed E-state index contributed by atoms with van der Waals surface area (Å²) >= 11 is 4.93. The molecule has 4 nitrogen and oxygen atoms in total. The van der Waals surface area contributed by atoms with E-state index in [1.807, 2.05) is 18.4 Å². The topological polar surface area (TPSA) is 55.8 Å². The van der Waals surface area contributed by atoms with E-state index >= 15 is 0 Å². The van der Waals surface area contributed by atoms with Crippen LogP contribution >= 0.6 is 27.3 Å². The molecule has 0 aliphatic heterocycles. The third-order valence-corrected chi connectivity index (χ3v) is 4.32. The van der Waals surface area contributed by atoms with Crippen LogP contribution < -0.4 is 9.47 Å². The lowest BCUT2D eigenvalue weighted by Gasteiger charge is -2.11. The molecule has 0 atom stereocenters. The Hall–Kier alpha value is -1.53. The molecule has 0 amide bonds. The third-order valence-electron chi connectivity index (χ3n) is 2.65. The van der Waals surface area contributed by atoms with Crippen LogP contribution in [0.3, 0.4) is 0 Å². The number of thiophene rings is 1. The summed E-state index contributed by atoms with van der Waals surface area (Å²) < 4.78 is 12.1. The second-order valence-electron chi connectivity index (χ2n) is 4.33. The van der Waals surface area contributed by atoms with Crippen molar-refractivity contribution >= 4 is 33.2 Å². The minimum Gasteiger partial charge on any atom is -0.493 e. The minimum atomic E-state index is -1.01. The first-order valence-electron chi connectivity index (χ1n) is 6.46. The molecule has 0 aliphatic carbocycles. The van der Waals surface area contributed by atoms with Crippen molar-refractivity contribution < 1.29 is 19.4 Å². The van der Waals surface area contributed by atoms with E-state index < -0.39 is 5.97 Å². The molecule has 0 saturated heterocycles. The van der Waals surface area contributed by atoms with E-state index in [0.29, 0.717) is 24.7 Å². The van der Waals surface area contributed by atoms with Crippen molar-refractivity contribution in [3.8, 4) is 11.5 Å². The normalized spacial score (nSPS) is 10.4. The Labute approximate surface area is 135 Å². The standard InChI is InChI=1S/C15H15BrO4S/c1-2-5-19-11-3-4-13(15(17)18)14(7-11)20-8-12-6-10(16)9-21-12/h3-4,6-7,9H,2,5,8H2,1H3,(H,17,18). The van der Waals surface area contributed by atoms with Gasteiger partial charge in [-0.2, -0.15) is 0 Å². The van der Waals surface area contributed by atoms with Crippen molar-refractivity contribution in [3.63, 3.8) is 0 Å². The second-order valence-corrected chi connectivity index (χ2v) is 6.24. The molecule has 2 rings (SSSR count). The SMILES string of the molecule is CCCOc1ccc(C(=O)O)c(OCc2cc(Br)cs2)c1. The first kappa shape index (κ1) is 15.9. The second kappa shape index (κ2) is 7.47. The molecule has 21 heavy (non-hydrogen) atoms. The zero-order chi connectivity index (χ0) is 15.2. The number of aromatic carboxylic acids is 1. The summed E-state index contributed by atoms with van der Waals surface area (Å²) in [5, 5.41) is 11.2. The molecule has 0 saturated carbocycles. The number of benzene rings is 1. The predicted molar refractivity (Wildman–Crippen MR) is 85.5 cm³/mol. The average Bonchev–Trinajstić information content (AvgIpc) is 2.88. The zero-order valence-corrected chi connectivity index (χ0v) is 13.9. The number of halogens is 1. The van der Waals surface area contributed by atoms with E-state index in [9.17, 15) is 9.90 Å². The van der Waals surface area contributed by atoms with E-state index in [1.54, 1.807) is 23.5 Å². The van der Waals surface area contributed by atoms with Crippen LogP contribution in [0.1, 0.15) is 28.6 Å². The van der Waals surface area contributed by atoms with Gasteiger partial charge in [0.2, 0.25) is 0 Å². The number of hydrogen-bond donors (Lipinski definition) is 1. The van der Waals surface area contributed by atoms with Gasteiger partial charge in [-0.05, 0) is 40.5 Å². The maximum absolute atomic E-state index is 11.2. The Morgan fingerprint density at radius 2 is 2.14 bits per heavy atom. The molecule has 1 N–H and O–H groups in total. The van der Waals surface area contributed by atoms with Gasteiger partial charge in [-0.3, -0.25) is 0 Å². The van der Waals surface area contributed by atoms with Gasteiger partial charge < -0.3 is 14.6 Å². The fourth-order valence-electron chi connectivity index (χ4n) is 1.69. The number of rotatable bonds is 7. The molecule has 0 radical (unpaired) electrons. The summed E-state index contributed by atoms with van der Waals surface area (Å²) in [6, 6.07) is 6.73. The zero-order valence-electron chi connectivity index (χ0n) is 11.5. The Bertz CT molecular complexity index is 624. The summed E-state index contributed by atoms with van der Waals surface area (Å²) in [5.41, 5.74) is 0.134. The van der Waals surface area contributed by atoms with E-state index in [4.69, 9.17) is 9.47 Å². The van der Waals surface area contributed by atoms with Gasteiger partial charge in [0.25, 0.3) is 0 Å². The van der Waals surface area contributed by atoms with Crippen molar-refractivity contribution in [2.75, 3.05) is 6.61 Å². The van der Waals surface area contributed by atoms with E-state index in [-0.39, 0.29) is 5.56 Å². The van der Waals surface area contributed by atoms with Gasteiger partial charge >= 0.3 is 5.97 Å². The highest BCUT2D eigenvalue weighted by Gasteiger charge is 2.13. The highest BCUT2D eigenvalue weighted by atomic mass is 79.9. The predicted octanol–water partition coefficient (Wildman–Crippen LogP) is 4.58. The molecule has 0 unspecified atom stereocenters.